The normalized spacial score (nSPS) is 11.6. The van der Waals surface area contributed by atoms with Crippen LogP contribution in [-0.4, -0.2) is 12.6 Å². The summed E-state index contributed by atoms with van der Waals surface area (Å²) in [6.45, 7) is 4.58. The molecule has 0 unspecified atom stereocenters. The van der Waals surface area contributed by atoms with Gasteiger partial charge < -0.3 is 5.32 Å². The Labute approximate surface area is 93.0 Å². The first-order valence-corrected chi connectivity index (χ1v) is 5.05. The first kappa shape index (κ1) is 12.8. The predicted molar refractivity (Wildman–Crippen MR) is 58.5 cm³/mol. The molecular weight excluding hydrogens is 215 g/mol. The summed E-state index contributed by atoms with van der Waals surface area (Å²) in [6, 6.07) is 2.26. The minimum atomic E-state index is -1.43. The molecule has 0 fully saturated rings. The molecule has 0 aromatic heterocycles. The molecule has 16 heavy (non-hydrogen) atoms. The van der Waals surface area contributed by atoms with E-state index in [1.807, 2.05) is 13.8 Å². The van der Waals surface area contributed by atoms with E-state index in [1.165, 1.54) is 0 Å². The van der Waals surface area contributed by atoms with Crippen molar-refractivity contribution < 1.29 is 13.2 Å². The van der Waals surface area contributed by atoms with E-state index >= 15 is 0 Å². The third kappa shape index (κ3) is 3.70. The van der Waals surface area contributed by atoms with E-state index in [4.69, 9.17) is 0 Å². The van der Waals surface area contributed by atoms with Crippen LogP contribution in [0, 0.1) is 17.5 Å². The molecule has 1 aromatic rings. The second kappa shape index (κ2) is 5.70. The molecule has 0 atom stereocenters. The largest absolute Gasteiger partial charge is 0.311 e. The van der Waals surface area contributed by atoms with E-state index < -0.39 is 17.5 Å². The third-order valence-electron chi connectivity index (χ3n) is 1.96. The fraction of sp³-hybridized carbons (Fsp3) is 0.333. The molecule has 0 bridgehead atoms. The lowest BCUT2D eigenvalue weighted by Gasteiger charge is -2.03. The highest BCUT2D eigenvalue weighted by atomic mass is 19.2. The van der Waals surface area contributed by atoms with E-state index in [9.17, 15) is 13.2 Å². The minimum Gasteiger partial charge on any atom is -0.311 e. The average molecular weight is 229 g/mol. The van der Waals surface area contributed by atoms with Crippen molar-refractivity contribution in [3.8, 4) is 0 Å². The van der Waals surface area contributed by atoms with Gasteiger partial charge in [0.05, 0.1) is 0 Å². The first-order valence-electron chi connectivity index (χ1n) is 5.05. The van der Waals surface area contributed by atoms with Crippen molar-refractivity contribution in [2.75, 3.05) is 6.54 Å². The van der Waals surface area contributed by atoms with E-state index in [1.54, 1.807) is 12.2 Å². The summed E-state index contributed by atoms with van der Waals surface area (Å²) >= 11 is 0. The van der Waals surface area contributed by atoms with Crippen molar-refractivity contribution in [1.29, 1.82) is 0 Å². The van der Waals surface area contributed by atoms with E-state index in [-0.39, 0.29) is 0 Å². The van der Waals surface area contributed by atoms with Crippen molar-refractivity contribution >= 4 is 6.08 Å². The van der Waals surface area contributed by atoms with Gasteiger partial charge in [-0.3, -0.25) is 0 Å². The zero-order valence-corrected chi connectivity index (χ0v) is 9.23. The van der Waals surface area contributed by atoms with Crippen molar-refractivity contribution in [2.45, 2.75) is 19.9 Å². The maximum Gasteiger partial charge on any atom is 0.194 e. The number of halogens is 3. The van der Waals surface area contributed by atoms with Crippen LogP contribution in [0.15, 0.2) is 18.2 Å². The molecule has 88 valence electrons. The maximum absolute atomic E-state index is 12.8. The number of nitrogens with one attached hydrogen (secondary N) is 1. The Balaban J connectivity index is 2.67. The molecule has 1 N–H and O–H groups in total. The van der Waals surface area contributed by atoms with E-state index in [2.05, 4.69) is 5.32 Å². The van der Waals surface area contributed by atoms with Crippen LogP contribution in [0.1, 0.15) is 19.4 Å². The van der Waals surface area contributed by atoms with Crippen molar-refractivity contribution in [3.63, 3.8) is 0 Å². The maximum atomic E-state index is 12.8. The fourth-order valence-corrected chi connectivity index (χ4v) is 1.17. The predicted octanol–water partition coefficient (Wildman–Crippen LogP) is 3.12. The Morgan fingerprint density at radius 3 is 2.25 bits per heavy atom. The number of benzene rings is 1. The molecule has 0 aliphatic heterocycles. The molecule has 1 aromatic carbocycles. The smallest absolute Gasteiger partial charge is 0.194 e. The molecule has 4 heteroatoms. The first-order chi connectivity index (χ1) is 7.50. The lowest BCUT2D eigenvalue weighted by molar-refractivity contribution is 0.447. The minimum absolute atomic E-state index is 0.307. The summed E-state index contributed by atoms with van der Waals surface area (Å²) in [5.41, 5.74) is 0.307. The second-order valence-corrected chi connectivity index (χ2v) is 3.76. The highest BCUT2D eigenvalue weighted by Gasteiger charge is 2.08. The highest BCUT2D eigenvalue weighted by Crippen LogP contribution is 2.14. The van der Waals surface area contributed by atoms with E-state index in [0.717, 1.165) is 12.1 Å². The Hall–Kier alpha value is -1.29. The van der Waals surface area contributed by atoms with Crippen LogP contribution in [-0.2, 0) is 0 Å². The summed E-state index contributed by atoms with van der Waals surface area (Å²) in [7, 11) is 0. The van der Waals surface area contributed by atoms with Gasteiger partial charge in [-0.1, -0.05) is 26.0 Å². The molecule has 0 saturated heterocycles. The van der Waals surface area contributed by atoms with E-state index in [0.29, 0.717) is 18.2 Å². The van der Waals surface area contributed by atoms with Crippen molar-refractivity contribution in [2.24, 2.45) is 0 Å². The number of hydrogen-bond acceptors (Lipinski definition) is 1. The number of rotatable bonds is 4. The lowest BCUT2D eigenvalue weighted by Crippen LogP contribution is -2.22. The summed E-state index contributed by atoms with van der Waals surface area (Å²) in [5, 5.41) is 3.11. The van der Waals surface area contributed by atoms with Gasteiger partial charge >= 0.3 is 0 Å². The van der Waals surface area contributed by atoms with Gasteiger partial charge in [0.1, 0.15) is 0 Å². The lowest BCUT2D eigenvalue weighted by atomic mass is 10.2. The van der Waals surface area contributed by atoms with Crippen molar-refractivity contribution in [3.05, 3.63) is 41.2 Å². The van der Waals surface area contributed by atoms with Gasteiger partial charge in [-0.15, -0.1) is 0 Å². The molecule has 0 aliphatic carbocycles. The SMILES string of the molecule is CC(C)NCC=Cc1cc(F)c(F)c(F)c1. The quantitative estimate of drug-likeness (QED) is 0.782. The Morgan fingerprint density at radius 1 is 1.19 bits per heavy atom. The number of hydrogen-bond donors (Lipinski definition) is 1. The van der Waals surface area contributed by atoms with Crippen LogP contribution in [0.4, 0.5) is 13.2 Å². The van der Waals surface area contributed by atoms with Gasteiger partial charge in [0.2, 0.25) is 0 Å². The van der Waals surface area contributed by atoms with Crippen LogP contribution in [0.2, 0.25) is 0 Å². The monoisotopic (exact) mass is 229 g/mol. The standard InChI is InChI=1S/C12H14F3N/c1-8(2)16-5-3-4-9-6-10(13)12(15)11(14)7-9/h3-4,6-8,16H,5H2,1-2H3. The van der Waals surface area contributed by atoms with Crippen molar-refractivity contribution in [1.82, 2.24) is 5.32 Å². The molecule has 0 heterocycles. The van der Waals surface area contributed by atoms with Gasteiger partial charge in [-0.05, 0) is 17.7 Å². The summed E-state index contributed by atoms with van der Waals surface area (Å²) in [5.74, 6) is -3.77. The average Bonchev–Trinajstić information content (AvgIpc) is 2.20. The van der Waals surface area contributed by atoms with Crippen LogP contribution in [0.3, 0.4) is 0 Å². The summed E-state index contributed by atoms with van der Waals surface area (Å²) < 4.78 is 38.2. The molecule has 0 radical (unpaired) electrons. The van der Waals surface area contributed by atoms with Crippen LogP contribution < -0.4 is 5.32 Å². The molecule has 0 spiro atoms. The molecule has 1 rings (SSSR count). The van der Waals surface area contributed by atoms with Gasteiger partial charge in [0.25, 0.3) is 0 Å². The molecule has 0 aliphatic rings. The molecule has 0 amide bonds. The Kier molecular flexibility index (Phi) is 4.55. The fourth-order valence-electron chi connectivity index (χ4n) is 1.17. The molecule has 1 nitrogen and oxygen atoms in total. The zero-order chi connectivity index (χ0) is 12.1. The molecule has 0 saturated carbocycles. The highest BCUT2D eigenvalue weighted by molar-refractivity contribution is 5.49. The van der Waals surface area contributed by atoms with Crippen LogP contribution in [0.25, 0.3) is 6.08 Å². The zero-order valence-electron chi connectivity index (χ0n) is 9.23. The summed E-state index contributed by atoms with van der Waals surface area (Å²) in [4.78, 5) is 0. The second-order valence-electron chi connectivity index (χ2n) is 3.76. The summed E-state index contributed by atoms with van der Waals surface area (Å²) in [6.07, 6.45) is 3.27. The topological polar surface area (TPSA) is 12.0 Å². The van der Waals surface area contributed by atoms with Crippen LogP contribution >= 0.6 is 0 Å². The Bertz CT molecular complexity index is 363. The van der Waals surface area contributed by atoms with Gasteiger partial charge in [-0.2, -0.15) is 0 Å². The molecular formula is C12H14F3N. The third-order valence-corrected chi connectivity index (χ3v) is 1.96. The van der Waals surface area contributed by atoms with Crippen LogP contribution in [0.5, 0.6) is 0 Å². The van der Waals surface area contributed by atoms with Gasteiger partial charge in [0, 0.05) is 12.6 Å². The Morgan fingerprint density at radius 2 is 1.75 bits per heavy atom. The van der Waals surface area contributed by atoms with Gasteiger partial charge in [-0.25, -0.2) is 13.2 Å². The van der Waals surface area contributed by atoms with Gasteiger partial charge in [0.15, 0.2) is 17.5 Å².